The second-order valence-electron chi connectivity index (χ2n) is 4.18. The third-order valence-corrected chi connectivity index (χ3v) is 3.32. The summed E-state index contributed by atoms with van der Waals surface area (Å²) in [5.41, 5.74) is 5.46. The fourth-order valence-corrected chi connectivity index (χ4v) is 2.57. The average Bonchev–Trinajstić information content (AvgIpc) is 2.70. The molecule has 0 aromatic rings. The average molecular weight is 211 g/mol. The first-order valence-corrected chi connectivity index (χ1v) is 5.46. The maximum atomic E-state index is 11.8. The quantitative estimate of drug-likeness (QED) is 0.601. The van der Waals surface area contributed by atoms with Crippen molar-refractivity contribution in [2.45, 2.75) is 6.92 Å². The summed E-state index contributed by atoms with van der Waals surface area (Å²) in [7, 11) is 0. The fourth-order valence-electron chi connectivity index (χ4n) is 2.57. The summed E-state index contributed by atoms with van der Waals surface area (Å²) in [6.07, 6.45) is 0. The van der Waals surface area contributed by atoms with Crippen LogP contribution in [0.1, 0.15) is 6.92 Å². The van der Waals surface area contributed by atoms with Gasteiger partial charge in [-0.15, -0.1) is 0 Å². The number of imide groups is 1. The monoisotopic (exact) mass is 211 g/mol. The summed E-state index contributed by atoms with van der Waals surface area (Å²) in [6.45, 7) is 5.10. The Morgan fingerprint density at radius 1 is 1.27 bits per heavy atom. The molecule has 0 saturated carbocycles. The van der Waals surface area contributed by atoms with Crippen molar-refractivity contribution >= 4 is 11.8 Å². The molecule has 0 unspecified atom stereocenters. The molecule has 0 aromatic heterocycles. The van der Waals surface area contributed by atoms with Crippen LogP contribution in [0.4, 0.5) is 0 Å². The number of fused-ring (bicyclic) bond motifs is 1. The molecule has 2 aliphatic rings. The maximum Gasteiger partial charge on any atom is 0.234 e. The predicted octanol–water partition coefficient (Wildman–Crippen LogP) is -1.12. The van der Waals surface area contributed by atoms with Gasteiger partial charge in [0.25, 0.3) is 0 Å². The van der Waals surface area contributed by atoms with Gasteiger partial charge >= 0.3 is 0 Å². The molecule has 2 fully saturated rings. The summed E-state index contributed by atoms with van der Waals surface area (Å²) in [5, 5.41) is 0. The molecule has 2 atom stereocenters. The number of hydrogen-bond acceptors (Lipinski definition) is 4. The van der Waals surface area contributed by atoms with Gasteiger partial charge in [0.15, 0.2) is 0 Å². The topological polar surface area (TPSA) is 66.6 Å². The van der Waals surface area contributed by atoms with Crippen LogP contribution in [0.2, 0.25) is 0 Å². The minimum Gasteiger partial charge on any atom is -0.329 e. The van der Waals surface area contributed by atoms with Crippen LogP contribution in [-0.4, -0.2) is 54.3 Å². The Bertz CT molecular complexity index is 268. The van der Waals surface area contributed by atoms with Crippen molar-refractivity contribution in [1.82, 2.24) is 9.80 Å². The van der Waals surface area contributed by atoms with Crippen molar-refractivity contribution in [3.8, 4) is 0 Å². The van der Waals surface area contributed by atoms with Gasteiger partial charge in [-0.1, -0.05) is 0 Å². The minimum atomic E-state index is -0.107. The molecule has 2 aliphatic heterocycles. The Hall–Kier alpha value is -0.940. The molecule has 0 spiro atoms. The molecular formula is C10H17N3O2. The molecule has 2 amide bonds. The molecule has 2 heterocycles. The number of carbonyl (C=O) groups is 2. The largest absolute Gasteiger partial charge is 0.329 e. The molecule has 0 aromatic carbocycles. The highest BCUT2D eigenvalue weighted by Gasteiger charge is 2.51. The molecule has 15 heavy (non-hydrogen) atoms. The standard InChI is InChI=1S/C10H17N3O2/c1-2-13-9(14)7-5-12(4-3-11)6-8(7)10(13)15/h7-8H,2-6,11H2,1H3/t7-,8+. The summed E-state index contributed by atoms with van der Waals surface area (Å²) in [4.78, 5) is 27.1. The van der Waals surface area contributed by atoms with Gasteiger partial charge in [-0.05, 0) is 6.92 Å². The zero-order chi connectivity index (χ0) is 11.0. The van der Waals surface area contributed by atoms with Crippen LogP contribution in [0.25, 0.3) is 0 Å². The van der Waals surface area contributed by atoms with Gasteiger partial charge in [0.2, 0.25) is 11.8 Å². The van der Waals surface area contributed by atoms with E-state index in [-0.39, 0.29) is 23.7 Å². The van der Waals surface area contributed by atoms with Crippen LogP contribution in [0.5, 0.6) is 0 Å². The Balaban J connectivity index is 2.08. The van der Waals surface area contributed by atoms with Crippen LogP contribution in [0.3, 0.4) is 0 Å². The maximum absolute atomic E-state index is 11.8. The van der Waals surface area contributed by atoms with Crippen molar-refractivity contribution in [1.29, 1.82) is 0 Å². The van der Waals surface area contributed by atoms with Crippen molar-refractivity contribution in [3.63, 3.8) is 0 Å². The van der Waals surface area contributed by atoms with E-state index >= 15 is 0 Å². The number of rotatable bonds is 3. The van der Waals surface area contributed by atoms with E-state index in [9.17, 15) is 9.59 Å². The van der Waals surface area contributed by atoms with Crippen molar-refractivity contribution in [3.05, 3.63) is 0 Å². The van der Waals surface area contributed by atoms with E-state index < -0.39 is 0 Å². The van der Waals surface area contributed by atoms with Crippen molar-refractivity contribution < 1.29 is 9.59 Å². The lowest BCUT2D eigenvalue weighted by atomic mass is 10.00. The van der Waals surface area contributed by atoms with Gasteiger partial charge in [-0.3, -0.25) is 14.5 Å². The van der Waals surface area contributed by atoms with E-state index in [0.29, 0.717) is 26.2 Å². The summed E-state index contributed by atoms with van der Waals surface area (Å²) >= 11 is 0. The van der Waals surface area contributed by atoms with Crippen LogP contribution in [0.15, 0.2) is 0 Å². The minimum absolute atomic E-state index is 0.00650. The van der Waals surface area contributed by atoms with Crippen LogP contribution in [0, 0.1) is 11.8 Å². The molecule has 0 bridgehead atoms. The van der Waals surface area contributed by atoms with E-state index in [1.54, 1.807) is 0 Å². The number of nitrogens with zero attached hydrogens (tertiary/aromatic N) is 2. The van der Waals surface area contributed by atoms with Crippen LogP contribution >= 0.6 is 0 Å². The Morgan fingerprint density at radius 2 is 1.80 bits per heavy atom. The Morgan fingerprint density at radius 3 is 2.20 bits per heavy atom. The number of likely N-dealkylation sites (tertiary alicyclic amines) is 2. The zero-order valence-corrected chi connectivity index (χ0v) is 8.98. The van der Waals surface area contributed by atoms with Crippen LogP contribution < -0.4 is 5.73 Å². The second-order valence-corrected chi connectivity index (χ2v) is 4.18. The summed E-state index contributed by atoms with van der Waals surface area (Å²) < 4.78 is 0. The highest BCUT2D eigenvalue weighted by atomic mass is 16.2. The molecular weight excluding hydrogens is 194 g/mol. The van der Waals surface area contributed by atoms with E-state index in [1.165, 1.54) is 4.90 Å². The molecule has 84 valence electrons. The molecule has 0 radical (unpaired) electrons. The number of nitrogens with two attached hydrogens (primary N) is 1. The summed E-state index contributed by atoms with van der Waals surface area (Å²) in [5.74, 6) is -0.202. The lowest BCUT2D eigenvalue weighted by Gasteiger charge is -2.18. The highest BCUT2D eigenvalue weighted by Crippen LogP contribution is 2.32. The smallest absolute Gasteiger partial charge is 0.234 e. The van der Waals surface area contributed by atoms with Crippen molar-refractivity contribution in [2.24, 2.45) is 17.6 Å². The third kappa shape index (κ3) is 1.55. The van der Waals surface area contributed by atoms with E-state index in [4.69, 9.17) is 5.73 Å². The Kier molecular flexibility index (Phi) is 2.75. The van der Waals surface area contributed by atoms with Crippen molar-refractivity contribution in [2.75, 3.05) is 32.7 Å². The number of hydrogen-bond donors (Lipinski definition) is 1. The molecule has 2 saturated heterocycles. The third-order valence-electron chi connectivity index (χ3n) is 3.32. The van der Waals surface area contributed by atoms with E-state index in [1.807, 2.05) is 6.92 Å². The predicted molar refractivity (Wildman–Crippen MR) is 54.9 cm³/mol. The fraction of sp³-hybridized carbons (Fsp3) is 0.800. The number of amides is 2. The van der Waals surface area contributed by atoms with Gasteiger partial charge in [0.1, 0.15) is 0 Å². The van der Waals surface area contributed by atoms with Crippen LogP contribution in [-0.2, 0) is 9.59 Å². The van der Waals surface area contributed by atoms with Gasteiger partial charge in [-0.2, -0.15) is 0 Å². The van der Waals surface area contributed by atoms with Gasteiger partial charge < -0.3 is 10.6 Å². The van der Waals surface area contributed by atoms with Gasteiger partial charge in [0.05, 0.1) is 11.8 Å². The zero-order valence-electron chi connectivity index (χ0n) is 8.98. The Labute approximate surface area is 89.2 Å². The first-order chi connectivity index (χ1) is 7.19. The molecule has 0 aliphatic carbocycles. The van der Waals surface area contributed by atoms with E-state index in [2.05, 4.69) is 4.90 Å². The second kappa shape index (κ2) is 3.90. The molecule has 2 N–H and O–H groups in total. The molecule has 2 rings (SSSR count). The normalized spacial score (nSPS) is 31.5. The molecule has 5 heteroatoms. The SMILES string of the molecule is CCN1C(=O)[C@H]2CN(CCN)C[C@H]2C1=O. The first-order valence-electron chi connectivity index (χ1n) is 5.46. The van der Waals surface area contributed by atoms with E-state index in [0.717, 1.165) is 6.54 Å². The molecule has 5 nitrogen and oxygen atoms in total. The number of carbonyl (C=O) groups excluding carboxylic acids is 2. The first kappa shape index (κ1) is 10.6. The lowest BCUT2D eigenvalue weighted by Crippen LogP contribution is -2.37. The summed E-state index contributed by atoms with van der Waals surface area (Å²) in [6, 6.07) is 0. The lowest BCUT2D eigenvalue weighted by molar-refractivity contribution is -0.140. The van der Waals surface area contributed by atoms with Gasteiger partial charge in [0, 0.05) is 32.7 Å². The van der Waals surface area contributed by atoms with Gasteiger partial charge in [-0.25, -0.2) is 0 Å². The highest BCUT2D eigenvalue weighted by molar-refractivity contribution is 6.05.